The van der Waals surface area contributed by atoms with E-state index in [2.05, 4.69) is 41.0 Å². The minimum Gasteiger partial charge on any atom is -0.329 e. The van der Waals surface area contributed by atoms with Gasteiger partial charge < -0.3 is 10.6 Å². The van der Waals surface area contributed by atoms with E-state index in [0.717, 1.165) is 12.5 Å². The number of hydrogen-bond donors (Lipinski definition) is 1. The molecule has 0 saturated carbocycles. The summed E-state index contributed by atoms with van der Waals surface area (Å²) in [4.78, 5) is 8.91. The summed E-state index contributed by atoms with van der Waals surface area (Å²) < 4.78 is 0. The summed E-state index contributed by atoms with van der Waals surface area (Å²) in [5.74, 6) is 0.803. The molecular formula is C15H26N4. The Morgan fingerprint density at radius 1 is 1.37 bits per heavy atom. The molecule has 0 radical (unpaired) electrons. The average molecular weight is 262 g/mol. The molecule has 1 atom stereocenters. The van der Waals surface area contributed by atoms with Crippen molar-refractivity contribution < 1.29 is 0 Å². The molecule has 1 aromatic rings. The van der Waals surface area contributed by atoms with E-state index < -0.39 is 0 Å². The maximum Gasteiger partial charge on any atom is 0.0468 e. The molecule has 0 bridgehead atoms. The van der Waals surface area contributed by atoms with E-state index in [1.165, 1.54) is 31.5 Å². The lowest BCUT2D eigenvalue weighted by Crippen LogP contribution is -2.38. The van der Waals surface area contributed by atoms with Gasteiger partial charge in [0.1, 0.15) is 0 Å². The zero-order chi connectivity index (χ0) is 13.7. The molecule has 0 spiro atoms. The number of likely N-dealkylation sites (N-methyl/N-ethyl adjacent to an activating group) is 1. The molecule has 1 aliphatic rings. The molecule has 2 heterocycles. The van der Waals surface area contributed by atoms with Crippen LogP contribution in [0.1, 0.15) is 24.4 Å². The Hall–Kier alpha value is -0.970. The van der Waals surface area contributed by atoms with Gasteiger partial charge >= 0.3 is 0 Å². The maximum atomic E-state index is 5.96. The predicted molar refractivity (Wildman–Crippen MR) is 78.9 cm³/mol. The van der Waals surface area contributed by atoms with E-state index in [1.54, 1.807) is 0 Å². The Bertz CT molecular complexity index is 360. The Kier molecular flexibility index (Phi) is 5.31. The van der Waals surface area contributed by atoms with Gasteiger partial charge in [0.05, 0.1) is 0 Å². The fourth-order valence-electron chi connectivity index (χ4n) is 2.94. The summed E-state index contributed by atoms with van der Waals surface area (Å²) in [6.07, 6.45) is 6.30. The highest BCUT2D eigenvalue weighted by atomic mass is 15.1. The SMILES string of the molecule is CN1CCC(CN(C)C(CN)c2ccncc2)CC1. The number of piperidine rings is 1. The van der Waals surface area contributed by atoms with Gasteiger partial charge in [0.2, 0.25) is 0 Å². The molecule has 106 valence electrons. The van der Waals surface area contributed by atoms with Crippen LogP contribution in [0.2, 0.25) is 0 Å². The molecule has 2 N–H and O–H groups in total. The number of nitrogens with zero attached hydrogens (tertiary/aromatic N) is 3. The number of pyridine rings is 1. The highest BCUT2D eigenvalue weighted by molar-refractivity contribution is 5.15. The van der Waals surface area contributed by atoms with Crippen LogP contribution in [0.5, 0.6) is 0 Å². The number of likely N-dealkylation sites (tertiary alicyclic amines) is 1. The second kappa shape index (κ2) is 6.98. The first kappa shape index (κ1) is 14.4. The van der Waals surface area contributed by atoms with Gasteiger partial charge in [-0.25, -0.2) is 0 Å². The fourth-order valence-corrected chi connectivity index (χ4v) is 2.94. The van der Waals surface area contributed by atoms with Gasteiger partial charge in [-0.05, 0) is 63.6 Å². The van der Waals surface area contributed by atoms with Gasteiger partial charge in [0.25, 0.3) is 0 Å². The number of nitrogens with two attached hydrogens (primary N) is 1. The first-order valence-corrected chi connectivity index (χ1v) is 7.19. The van der Waals surface area contributed by atoms with Crippen molar-refractivity contribution in [1.82, 2.24) is 14.8 Å². The summed E-state index contributed by atoms with van der Waals surface area (Å²) in [7, 11) is 4.40. The summed E-state index contributed by atoms with van der Waals surface area (Å²) in [6.45, 7) is 4.24. The molecule has 1 aliphatic heterocycles. The van der Waals surface area contributed by atoms with Crippen molar-refractivity contribution >= 4 is 0 Å². The van der Waals surface area contributed by atoms with Gasteiger partial charge in [-0.15, -0.1) is 0 Å². The van der Waals surface area contributed by atoms with Crippen LogP contribution >= 0.6 is 0 Å². The van der Waals surface area contributed by atoms with Gasteiger partial charge in [0, 0.05) is 31.5 Å². The largest absolute Gasteiger partial charge is 0.329 e. The second-order valence-electron chi connectivity index (χ2n) is 5.72. The third kappa shape index (κ3) is 4.00. The van der Waals surface area contributed by atoms with Gasteiger partial charge in [-0.3, -0.25) is 9.88 Å². The molecule has 0 aromatic carbocycles. The van der Waals surface area contributed by atoms with E-state index in [0.29, 0.717) is 12.6 Å². The van der Waals surface area contributed by atoms with E-state index in [1.807, 2.05) is 12.4 Å². The molecule has 2 rings (SSSR count). The Labute approximate surface area is 116 Å². The van der Waals surface area contributed by atoms with Gasteiger partial charge in [-0.2, -0.15) is 0 Å². The topological polar surface area (TPSA) is 45.4 Å². The summed E-state index contributed by atoms with van der Waals surface area (Å²) in [6, 6.07) is 4.45. The Morgan fingerprint density at radius 3 is 2.58 bits per heavy atom. The highest BCUT2D eigenvalue weighted by Gasteiger charge is 2.22. The van der Waals surface area contributed by atoms with Crippen molar-refractivity contribution in [2.45, 2.75) is 18.9 Å². The standard InChI is InChI=1S/C15H26N4/c1-18-9-5-13(6-10-18)12-19(2)15(11-16)14-3-7-17-8-4-14/h3-4,7-8,13,15H,5-6,9-12,16H2,1-2H3. The number of hydrogen-bond acceptors (Lipinski definition) is 4. The van der Waals surface area contributed by atoms with E-state index >= 15 is 0 Å². The van der Waals surface area contributed by atoms with Crippen LogP contribution < -0.4 is 5.73 Å². The normalized spacial score (nSPS) is 19.8. The smallest absolute Gasteiger partial charge is 0.0468 e. The third-order valence-corrected chi connectivity index (χ3v) is 4.23. The van der Waals surface area contributed by atoms with Crippen molar-refractivity contribution in [1.29, 1.82) is 0 Å². The van der Waals surface area contributed by atoms with Crippen LogP contribution in [-0.2, 0) is 0 Å². The third-order valence-electron chi connectivity index (χ3n) is 4.23. The minimum absolute atomic E-state index is 0.308. The Balaban J connectivity index is 1.92. The van der Waals surface area contributed by atoms with Crippen molar-refractivity contribution in [2.24, 2.45) is 11.7 Å². The maximum absolute atomic E-state index is 5.96. The van der Waals surface area contributed by atoms with Crippen molar-refractivity contribution in [3.8, 4) is 0 Å². The van der Waals surface area contributed by atoms with Gasteiger partial charge in [-0.1, -0.05) is 0 Å². The molecule has 1 saturated heterocycles. The van der Waals surface area contributed by atoms with Crippen molar-refractivity contribution in [2.75, 3.05) is 40.3 Å². The molecular weight excluding hydrogens is 236 g/mol. The number of aromatic nitrogens is 1. The van der Waals surface area contributed by atoms with Gasteiger partial charge in [0.15, 0.2) is 0 Å². The summed E-state index contributed by atoms with van der Waals surface area (Å²) in [5.41, 5.74) is 7.23. The van der Waals surface area contributed by atoms with Crippen LogP contribution in [0.25, 0.3) is 0 Å². The van der Waals surface area contributed by atoms with Crippen LogP contribution in [0.3, 0.4) is 0 Å². The summed E-state index contributed by atoms with van der Waals surface area (Å²) in [5, 5.41) is 0. The lowest BCUT2D eigenvalue weighted by molar-refractivity contribution is 0.151. The Morgan fingerprint density at radius 2 is 2.00 bits per heavy atom. The molecule has 4 heteroatoms. The van der Waals surface area contributed by atoms with Crippen LogP contribution in [0, 0.1) is 5.92 Å². The average Bonchev–Trinajstić information content (AvgIpc) is 2.43. The zero-order valence-corrected chi connectivity index (χ0v) is 12.1. The molecule has 1 fully saturated rings. The molecule has 1 unspecified atom stereocenters. The van der Waals surface area contributed by atoms with Crippen molar-refractivity contribution in [3.05, 3.63) is 30.1 Å². The van der Waals surface area contributed by atoms with Crippen LogP contribution in [-0.4, -0.2) is 55.1 Å². The molecule has 0 amide bonds. The molecule has 0 aliphatic carbocycles. The predicted octanol–water partition coefficient (Wildman–Crippen LogP) is 1.36. The first-order valence-electron chi connectivity index (χ1n) is 7.19. The van der Waals surface area contributed by atoms with E-state index in [-0.39, 0.29) is 0 Å². The summed E-state index contributed by atoms with van der Waals surface area (Å²) >= 11 is 0. The van der Waals surface area contributed by atoms with Crippen molar-refractivity contribution in [3.63, 3.8) is 0 Å². The minimum atomic E-state index is 0.308. The first-order chi connectivity index (χ1) is 9.20. The quantitative estimate of drug-likeness (QED) is 0.870. The van der Waals surface area contributed by atoms with Crippen LogP contribution in [0.4, 0.5) is 0 Å². The second-order valence-corrected chi connectivity index (χ2v) is 5.72. The lowest BCUT2D eigenvalue weighted by atomic mass is 9.95. The monoisotopic (exact) mass is 262 g/mol. The van der Waals surface area contributed by atoms with E-state index in [4.69, 9.17) is 5.73 Å². The lowest BCUT2D eigenvalue weighted by Gasteiger charge is -2.34. The molecule has 1 aromatic heterocycles. The molecule has 19 heavy (non-hydrogen) atoms. The molecule has 4 nitrogen and oxygen atoms in total. The number of rotatable bonds is 5. The highest BCUT2D eigenvalue weighted by Crippen LogP contribution is 2.22. The van der Waals surface area contributed by atoms with E-state index in [9.17, 15) is 0 Å². The zero-order valence-electron chi connectivity index (χ0n) is 12.1. The fraction of sp³-hybridized carbons (Fsp3) is 0.667. The van der Waals surface area contributed by atoms with Crippen LogP contribution in [0.15, 0.2) is 24.5 Å².